The Labute approximate surface area is 297 Å². The first kappa shape index (κ1) is 34.3. The van der Waals surface area contributed by atoms with Crippen LogP contribution in [0.4, 0.5) is 0 Å². The molecule has 3 aliphatic rings. The number of ketones is 2. The Kier molecular flexibility index (Phi) is 7.91. The molecule has 0 spiro atoms. The summed E-state index contributed by atoms with van der Waals surface area (Å²) in [4.78, 5) is 29.4. The van der Waals surface area contributed by atoms with Crippen LogP contribution in [0.15, 0.2) is 84.0 Å². The summed E-state index contributed by atoms with van der Waals surface area (Å²) in [6.45, 7) is 5.31. The second-order valence-corrected chi connectivity index (χ2v) is 13.9. The van der Waals surface area contributed by atoms with Gasteiger partial charge in [0.2, 0.25) is 11.4 Å². The quantitative estimate of drug-likeness (QED) is 0.0824. The largest absolute Gasteiger partial charge is 0.508 e. The minimum absolute atomic E-state index is 0.0310. The van der Waals surface area contributed by atoms with Crippen LogP contribution in [0, 0.1) is 5.92 Å². The van der Waals surface area contributed by atoms with Gasteiger partial charge in [-0.3, -0.25) is 9.59 Å². The fourth-order valence-corrected chi connectivity index (χ4v) is 7.81. The predicted molar refractivity (Wildman–Crippen MR) is 185 cm³/mol. The lowest BCUT2D eigenvalue weighted by Crippen LogP contribution is -2.62. The molecule has 12 nitrogen and oxygen atoms in total. The Morgan fingerprint density at radius 2 is 1.48 bits per heavy atom. The fraction of sp³-hybridized carbons (Fsp3) is 0.250. The minimum atomic E-state index is -2.45. The van der Waals surface area contributed by atoms with Gasteiger partial charge in [0.15, 0.2) is 5.78 Å². The van der Waals surface area contributed by atoms with Crippen molar-refractivity contribution in [2.75, 3.05) is 0 Å². The second kappa shape index (κ2) is 12.0. The maximum atomic E-state index is 14.8. The van der Waals surface area contributed by atoms with Crippen LogP contribution in [-0.4, -0.2) is 58.0 Å². The van der Waals surface area contributed by atoms with E-state index >= 15 is 0 Å². The molecule has 4 aromatic rings. The Morgan fingerprint density at radius 1 is 0.827 bits per heavy atom. The van der Waals surface area contributed by atoms with E-state index in [4.69, 9.17) is 9.47 Å². The highest BCUT2D eigenvalue weighted by atomic mass is 16.7. The fourth-order valence-electron chi connectivity index (χ4n) is 7.81. The number of phenols is 7. The van der Waals surface area contributed by atoms with Crippen molar-refractivity contribution < 1.29 is 59.9 Å². The van der Waals surface area contributed by atoms with Crippen LogP contribution < -0.4 is 9.47 Å². The van der Waals surface area contributed by atoms with Crippen molar-refractivity contribution in [1.29, 1.82) is 0 Å². The van der Waals surface area contributed by atoms with Crippen molar-refractivity contribution in [2.24, 2.45) is 5.92 Å². The maximum Gasteiger partial charge on any atom is 0.286 e. The molecule has 5 atom stereocenters. The molecule has 7 rings (SSSR count). The Bertz CT molecular complexity index is 2250. The van der Waals surface area contributed by atoms with Gasteiger partial charge in [0.05, 0.1) is 11.1 Å². The van der Waals surface area contributed by atoms with E-state index < -0.39 is 63.5 Å². The standard InChI is InChI=1S/C40H36O12/c1-18(2)10-11-39-38(49)35-32(52-40(39,50)27-9-6-22(43)16-31(27)51-39)17-30(46)34(37(35)48)26-13-19(3)12-25(23-7-4-20(41)14-28(23)44)33(26)36(47)24-8-5-21(42)15-29(24)45/h4-10,13-17,25-26,33,41-46,48,50H,11-12H2,1-3H3/t25-,26-,33?,39?,40?/m0/s1. The number of carbonyl (C=O) groups is 2. The summed E-state index contributed by atoms with van der Waals surface area (Å²) in [5.74, 6) is -10.6. The summed E-state index contributed by atoms with van der Waals surface area (Å²) in [6.07, 6.45) is 3.28. The number of fused-ring (bicyclic) bond motifs is 4. The van der Waals surface area contributed by atoms with E-state index in [1.807, 2.05) is 0 Å². The summed E-state index contributed by atoms with van der Waals surface area (Å²) >= 11 is 0. The molecule has 0 aromatic heterocycles. The molecule has 52 heavy (non-hydrogen) atoms. The molecule has 4 aromatic carbocycles. The predicted octanol–water partition coefficient (Wildman–Crippen LogP) is 6.25. The number of hydrogen-bond donors (Lipinski definition) is 8. The minimum Gasteiger partial charge on any atom is -0.508 e. The third-order valence-electron chi connectivity index (χ3n) is 10.2. The average molecular weight is 709 g/mol. The third kappa shape index (κ3) is 5.09. The first-order valence-electron chi connectivity index (χ1n) is 16.5. The highest BCUT2D eigenvalue weighted by Crippen LogP contribution is 2.60. The van der Waals surface area contributed by atoms with Crippen molar-refractivity contribution in [1.82, 2.24) is 0 Å². The van der Waals surface area contributed by atoms with Crippen LogP contribution in [0.3, 0.4) is 0 Å². The normalized spacial score (nSPS) is 24.4. The number of benzene rings is 4. The Morgan fingerprint density at radius 3 is 2.15 bits per heavy atom. The van der Waals surface area contributed by atoms with Crippen LogP contribution in [0.1, 0.15) is 82.9 Å². The average Bonchev–Trinajstić information content (AvgIpc) is 3.30. The molecule has 0 bridgehead atoms. The number of ether oxygens (including phenoxy) is 2. The first-order valence-corrected chi connectivity index (χ1v) is 16.5. The molecule has 268 valence electrons. The first-order chi connectivity index (χ1) is 24.6. The number of rotatable bonds is 6. The third-order valence-corrected chi connectivity index (χ3v) is 10.2. The number of phenolic OH excluding ortho intramolecular Hbond substituents is 7. The molecule has 2 heterocycles. The molecule has 0 radical (unpaired) electrons. The Balaban J connectivity index is 1.44. The number of aromatic hydroxyl groups is 7. The van der Waals surface area contributed by atoms with Gasteiger partial charge in [0.1, 0.15) is 57.3 Å². The second-order valence-electron chi connectivity index (χ2n) is 13.9. The molecule has 2 aliphatic heterocycles. The van der Waals surface area contributed by atoms with Gasteiger partial charge in [0, 0.05) is 54.0 Å². The number of hydrogen-bond acceptors (Lipinski definition) is 12. The topological polar surface area (TPSA) is 214 Å². The van der Waals surface area contributed by atoms with Gasteiger partial charge in [-0.15, -0.1) is 0 Å². The lowest BCUT2D eigenvalue weighted by molar-refractivity contribution is -0.221. The van der Waals surface area contributed by atoms with Crippen LogP contribution in [0.5, 0.6) is 51.7 Å². The van der Waals surface area contributed by atoms with Gasteiger partial charge in [-0.05, 0) is 63.1 Å². The lowest BCUT2D eigenvalue weighted by atomic mass is 9.65. The smallest absolute Gasteiger partial charge is 0.286 e. The van der Waals surface area contributed by atoms with E-state index in [1.54, 1.807) is 32.9 Å². The summed E-state index contributed by atoms with van der Waals surface area (Å²) in [6, 6.07) is 12.3. The van der Waals surface area contributed by atoms with Gasteiger partial charge in [-0.25, -0.2) is 0 Å². The van der Waals surface area contributed by atoms with E-state index in [-0.39, 0.29) is 69.6 Å². The van der Waals surface area contributed by atoms with Crippen molar-refractivity contribution in [3.8, 4) is 51.7 Å². The molecule has 0 amide bonds. The van der Waals surface area contributed by atoms with Gasteiger partial charge in [-0.2, -0.15) is 0 Å². The molecular formula is C40H36O12. The van der Waals surface area contributed by atoms with E-state index in [0.29, 0.717) is 5.57 Å². The van der Waals surface area contributed by atoms with E-state index in [9.17, 15) is 50.4 Å². The van der Waals surface area contributed by atoms with Crippen molar-refractivity contribution in [2.45, 2.75) is 56.8 Å². The summed E-state index contributed by atoms with van der Waals surface area (Å²) in [5.41, 5.74) is -1.30. The monoisotopic (exact) mass is 708 g/mol. The van der Waals surface area contributed by atoms with Crippen molar-refractivity contribution in [3.63, 3.8) is 0 Å². The number of allylic oxidation sites excluding steroid dienone is 3. The van der Waals surface area contributed by atoms with Crippen LogP contribution in [0.2, 0.25) is 0 Å². The van der Waals surface area contributed by atoms with Crippen LogP contribution in [-0.2, 0) is 5.79 Å². The molecule has 0 fully saturated rings. The van der Waals surface area contributed by atoms with E-state index in [1.165, 1.54) is 42.5 Å². The Hall–Kier alpha value is -6.14. The zero-order chi connectivity index (χ0) is 37.4. The molecule has 0 saturated heterocycles. The molecule has 0 saturated carbocycles. The zero-order valence-corrected chi connectivity index (χ0v) is 28.3. The molecule has 1 aliphatic carbocycles. The van der Waals surface area contributed by atoms with Gasteiger partial charge in [0.25, 0.3) is 5.79 Å². The van der Waals surface area contributed by atoms with Crippen molar-refractivity contribution in [3.05, 3.63) is 112 Å². The van der Waals surface area contributed by atoms with Gasteiger partial charge < -0.3 is 50.3 Å². The summed E-state index contributed by atoms with van der Waals surface area (Å²) in [7, 11) is 0. The van der Waals surface area contributed by atoms with E-state index in [2.05, 4.69) is 0 Å². The zero-order valence-electron chi connectivity index (χ0n) is 28.3. The van der Waals surface area contributed by atoms with Crippen molar-refractivity contribution >= 4 is 11.6 Å². The van der Waals surface area contributed by atoms with E-state index in [0.717, 1.165) is 23.8 Å². The number of Topliss-reactive ketones (excluding diaryl/α,β-unsaturated/α-hetero) is 2. The lowest BCUT2D eigenvalue weighted by Gasteiger charge is -2.43. The summed E-state index contributed by atoms with van der Waals surface area (Å²) < 4.78 is 12.3. The molecule has 8 N–H and O–H groups in total. The van der Waals surface area contributed by atoms with Crippen LogP contribution in [0.25, 0.3) is 0 Å². The van der Waals surface area contributed by atoms with Gasteiger partial charge >= 0.3 is 0 Å². The number of carbonyl (C=O) groups excluding carboxylic acids is 2. The molecule has 12 heteroatoms. The van der Waals surface area contributed by atoms with Crippen LogP contribution >= 0.6 is 0 Å². The van der Waals surface area contributed by atoms with Gasteiger partial charge in [-0.1, -0.05) is 29.4 Å². The molecular weight excluding hydrogens is 672 g/mol. The number of aliphatic hydroxyl groups is 1. The SMILES string of the molecule is CC(C)=CCC12Oc3cc(O)ccc3C1(O)Oc1cc(O)c([C@H]3C=C(C)C[C@@H](c4ccc(O)cc4O)C3C(=O)c3ccc(O)cc3O)c(O)c1C2=O. The highest BCUT2D eigenvalue weighted by Gasteiger charge is 2.70. The highest BCUT2D eigenvalue weighted by molar-refractivity contribution is 6.10. The summed E-state index contributed by atoms with van der Waals surface area (Å²) in [5, 5.41) is 87.9. The maximum absolute atomic E-state index is 14.8. The molecule has 3 unspecified atom stereocenters.